The summed E-state index contributed by atoms with van der Waals surface area (Å²) in [6, 6.07) is 4.63. The first kappa shape index (κ1) is 14.1. The van der Waals surface area contributed by atoms with Crippen LogP contribution in [0.15, 0.2) is 24.3 Å². The van der Waals surface area contributed by atoms with Crippen LogP contribution in [-0.4, -0.2) is 16.1 Å². The SMILES string of the molecule is O=C(O)c1cc(F)cc(-c2nc(Cl)c(Cl)cc2Cl)c1. The normalized spacial score (nSPS) is 10.5. The van der Waals surface area contributed by atoms with E-state index in [1.165, 1.54) is 12.1 Å². The van der Waals surface area contributed by atoms with Crippen molar-refractivity contribution < 1.29 is 14.3 Å². The molecule has 1 N–H and O–H groups in total. The van der Waals surface area contributed by atoms with Crippen LogP contribution >= 0.6 is 34.8 Å². The maximum Gasteiger partial charge on any atom is 0.335 e. The molecule has 0 spiro atoms. The monoisotopic (exact) mass is 319 g/mol. The molecule has 2 aromatic rings. The third-order valence-electron chi connectivity index (χ3n) is 2.30. The summed E-state index contributed by atoms with van der Waals surface area (Å²) in [7, 11) is 0. The van der Waals surface area contributed by atoms with Gasteiger partial charge in [-0.25, -0.2) is 14.2 Å². The Hall–Kier alpha value is -1.36. The van der Waals surface area contributed by atoms with E-state index in [2.05, 4.69) is 4.98 Å². The first-order chi connectivity index (χ1) is 8.88. The van der Waals surface area contributed by atoms with E-state index in [9.17, 15) is 9.18 Å². The summed E-state index contributed by atoms with van der Waals surface area (Å²) in [5, 5.41) is 9.19. The van der Waals surface area contributed by atoms with Crippen LogP contribution in [0, 0.1) is 5.82 Å². The van der Waals surface area contributed by atoms with Crippen LogP contribution in [0.3, 0.4) is 0 Å². The van der Waals surface area contributed by atoms with E-state index in [1.807, 2.05) is 0 Å². The summed E-state index contributed by atoms with van der Waals surface area (Å²) in [5.74, 6) is -1.96. The summed E-state index contributed by atoms with van der Waals surface area (Å²) in [6.45, 7) is 0. The number of carbonyl (C=O) groups is 1. The number of aromatic nitrogens is 1. The number of hydrogen-bond acceptors (Lipinski definition) is 2. The third-order valence-corrected chi connectivity index (χ3v) is 3.27. The van der Waals surface area contributed by atoms with Gasteiger partial charge in [0.25, 0.3) is 0 Å². The molecule has 1 aromatic carbocycles. The molecule has 0 saturated carbocycles. The zero-order valence-electron chi connectivity index (χ0n) is 9.12. The van der Waals surface area contributed by atoms with Gasteiger partial charge in [-0.3, -0.25) is 0 Å². The van der Waals surface area contributed by atoms with Gasteiger partial charge in [0.15, 0.2) is 0 Å². The zero-order valence-corrected chi connectivity index (χ0v) is 11.4. The Morgan fingerprint density at radius 3 is 2.42 bits per heavy atom. The largest absolute Gasteiger partial charge is 0.478 e. The smallest absolute Gasteiger partial charge is 0.335 e. The van der Waals surface area contributed by atoms with Crippen molar-refractivity contribution in [3.63, 3.8) is 0 Å². The van der Waals surface area contributed by atoms with E-state index in [-0.39, 0.29) is 32.0 Å². The fourth-order valence-electron chi connectivity index (χ4n) is 1.50. The fraction of sp³-hybridized carbons (Fsp3) is 0. The van der Waals surface area contributed by atoms with Gasteiger partial charge in [0.2, 0.25) is 0 Å². The first-order valence-electron chi connectivity index (χ1n) is 4.94. The van der Waals surface area contributed by atoms with Gasteiger partial charge < -0.3 is 5.11 Å². The van der Waals surface area contributed by atoms with Gasteiger partial charge in [-0.2, -0.15) is 0 Å². The number of pyridine rings is 1. The lowest BCUT2D eigenvalue weighted by Gasteiger charge is -2.07. The maximum absolute atomic E-state index is 13.4. The van der Waals surface area contributed by atoms with Gasteiger partial charge in [-0.05, 0) is 24.3 Å². The van der Waals surface area contributed by atoms with Crippen molar-refractivity contribution in [3.05, 3.63) is 50.8 Å². The Morgan fingerprint density at radius 2 is 1.79 bits per heavy atom. The Morgan fingerprint density at radius 1 is 1.11 bits per heavy atom. The van der Waals surface area contributed by atoms with Crippen LogP contribution in [0.2, 0.25) is 15.2 Å². The predicted octanol–water partition coefficient (Wildman–Crippen LogP) is 4.55. The van der Waals surface area contributed by atoms with Gasteiger partial charge in [-0.15, -0.1) is 0 Å². The van der Waals surface area contributed by atoms with E-state index >= 15 is 0 Å². The van der Waals surface area contributed by atoms with Crippen molar-refractivity contribution in [1.29, 1.82) is 0 Å². The maximum atomic E-state index is 13.4. The molecule has 0 aliphatic carbocycles. The molecule has 2 rings (SSSR count). The highest BCUT2D eigenvalue weighted by Gasteiger charge is 2.14. The number of benzene rings is 1. The molecule has 19 heavy (non-hydrogen) atoms. The van der Waals surface area contributed by atoms with Crippen LogP contribution in [0.1, 0.15) is 10.4 Å². The number of aromatic carboxylic acids is 1. The molecule has 0 radical (unpaired) electrons. The van der Waals surface area contributed by atoms with Gasteiger partial charge >= 0.3 is 5.97 Å². The van der Waals surface area contributed by atoms with E-state index < -0.39 is 11.8 Å². The fourth-order valence-corrected chi connectivity index (χ4v) is 2.10. The van der Waals surface area contributed by atoms with Gasteiger partial charge in [0.1, 0.15) is 11.0 Å². The average Bonchev–Trinajstić information content (AvgIpc) is 2.33. The Balaban J connectivity index is 2.65. The van der Waals surface area contributed by atoms with Crippen molar-refractivity contribution in [3.8, 4) is 11.3 Å². The molecule has 1 heterocycles. The molecule has 0 fully saturated rings. The van der Waals surface area contributed by atoms with E-state index in [0.717, 1.165) is 12.1 Å². The number of halogens is 4. The molecule has 0 unspecified atom stereocenters. The summed E-state index contributed by atoms with van der Waals surface area (Å²) in [6.07, 6.45) is 0. The van der Waals surface area contributed by atoms with Crippen LogP contribution < -0.4 is 0 Å². The third kappa shape index (κ3) is 2.97. The van der Waals surface area contributed by atoms with Crippen LogP contribution in [0.25, 0.3) is 11.3 Å². The minimum absolute atomic E-state index is 0.00204. The Labute approximate surface area is 122 Å². The Bertz CT molecular complexity index is 676. The zero-order chi connectivity index (χ0) is 14.2. The lowest BCUT2D eigenvalue weighted by Crippen LogP contribution is -1.98. The van der Waals surface area contributed by atoms with Crippen molar-refractivity contribution in [2.45, 2.75) is 0 Å². The van der Waals surface area contributed by atoms with Gasteiger partial charge in [-0.1, -0.05) is 34.8 Å². The summed E-state index contributed by atoms with van der Waals surface area (Å²) in [5.41, 5.74) is 0.165. The quantitative estimate of drug-likeness (QED) is 0.826. The lowest BCUT2D eigenvalue weighted by atomic mass is 10.1. The number of carboxylic acid groups (broad SMARTS) is 1. The highest BCUT2D eigenvalue weighted by atomic mass is 35.5. The first-order valence-corrected chi connectivity index (χ1v) is 6.07. The van der Waals surface area contributed by atoms with Crippen LogP contribution in [-0.2, 0) is 0 Å². The van der Waals surface area contributed by atoms with Crippen LogP contribution in [0.4, 0.5) is 4.39 Å². The van der Waals surface area contributed by atoms with Crippen molar-refractivity contribution >= 4 is 40.8 Å². The van der Waals surface area contributed by atoms with Crippen molar-refractivity contribution in [2.75, 3.05) is 0 Å². The minimum Gasteiger partial charge on any atom is -0.478 e. The predicted molar refractivity (Wildman–Crippen MR) is 71.6 cm³/mol. The number of rotatable bonds is 2. The summed E-state index contributed by atoms with van der Waals surface area (Å²) in [4.78, 5) is 14.8. The molecule has 0 atom stereocenters. The molecule has 0 saturated heterocycles. The Kier molecular flexibility index (Phi) is 3.94. The highest BCUT2D eigenvalue weighted by molar-refractivity contribution is 6.43. The molecule has 0 aliphatic heterocycles. The molecule has 0 aliphatic rings. The van der Waals surface area contributed by atoms with E-state index in [1.54, 1.807) is 0 Å². The number of nitrogens with zero attached hydrogens (tertiary/aromatic N) is 1. The lowest BCUT2D eigenvalue weighted by molar-refractivity contribution is 0.0696. The molecule has 3 nitrogen and oxygen atoms in total. The molecular weight excluding hydrogens is 315 g/mol. The molecule has 1 aromatic heterocycles. The van der Waals surface area contributed by atoms with Gasteiger partial charge in [0, 0.05) is 5.56 Å². The molecular formula is C12H5Cl3FNO2. The molecule has 0 bridgehead atoms. The van der Waals surface area contributed by atoms with Crippen molar-refractivity contribution in [2.24, 2.45) is 0 Å². The molecule has 98 valence electrons. The number of hydrogen-bond donors (Lipinski definition) is 1. The topological polar surface area (TPSA) is 50.2 Å². The minimum atomic E-state index is -1.25. The van der Waals surface area contributed by atoms with Crippen LogP contribution in [0.5, 0.6) is 0 Å². The second kappa shape index (κ2) is 5.33. The highest BCUT2D eigenvalue weighted by Crippen LogP contribution is 2.32. The second-order valence-electron chi connectivity index (χ2n) is 3.63. The molecule has 0 amide bonds. The average molecular weight is 321 g/mol. The summed E-state index contributed by atoms with van der Waals surface area (Å²) >= 11 is 17.5. The second-order valence-corrected chi connectivity index (χ2v) is 4.80. The van der Waals surface area contributed by atoms with E-state index in [4.69, 9.17) is 39.9 Å². The summed E-state index contributed by atoms with van der Waals surface area (Å²) < 4.78 is 13.4. The van der Waals surface area contributed by atoms with Crippen molar-refractivity contribution in [1.82, 2.24) is 4.98 Å². The van der Waals surface area contributed by atoms with Gasteiger partial charge in [0.05, 0.1) is 21.3 Å². The standard InChI is InChI=1S/C12H5Cl3FNO2/c13-8-4-9(14)11(15)17-10(8)5-1-6(12(18)19)3-7(16)2-5/h1-4H,(H,18,19). The molecule has 7 heteroatoms. The number of carboxylic acids is 1. The van der Waals surface area contributed by atoms with E-state index in [0.29, 0.717) is 0 Å².